The first-order valence-corrected chi connectivity index (χ1v) is 21.3. The van der Waals surface area contributed by atoms with Crippen LogP contribution in [-0.2, 0) is 11.3 Å². The smallest absolute Gasteiger partial charge is 0.251 e. The number of hydrogen-bond donors (Lipinski definition) is 4. The van der Waals surface area contributed by atoms with Gasteiger partial charge in [-0.25, -0.2) is 0 Å². The molecule has 0 aromatic heterocycles. The minimum Gasteiger partial charge on any atom is -0.356 e. The van der Waals surface area contributed by atoms with E-state index in [1.165, 1.54) is 95.5 Å². The molecule has 0 aliphatic rings. The lowest BCUT2D eigenvalue weighted by molar-refractivity contribution is -0.121. The predicted octanol–water partition coefficient (Wildman–Crippen LogP) is 10.4. The molecule has 0 bridgehead atoms. The Labute approximate surface area is 317 Å². The number of carbonyl (C=O) groups is 3. The average molecular weight is 719 g/mol. The largest absolute Gasteiger partial charge is 0.356 e. The van der Waals surface area contributed by atoms with E-state index in [2.05, 4.69) is 28.2 Å². The zero-order valence-corrected chi connectivity index (χ0v) is 32.9. The third-order valence-corrected chi connectivity index (χ3v) is 9.87. The van der Waals surface area contributed by atoms with Gasteiger partial charge in [0.05, 0.1) is 0 Å². The Kier molecular flexibility index (Phi) is 28.1. The van der Waals surface area contributed by atoms with E-state index in [9.17, 15) is 14.4 Å². The monoisotopic (exact) mass is 719 g/mol. The fraction of sp³-hybridized carbons (Fsp3) is 0.667. The Bertz CT molecular complexity index is 1150. The SMILES string of the molecule is CCCCCCCCCCCCCCCCCC(=O)NCCCCCCNC(=O)c1ccc(CNCCCCCCNC(=O)c2ccccc2)cc1. The molecule has 0 aliphatic carbocycles. The lowest BCUT2D eigenvalue weighted by Crippen LogP contribution is -2.25. The lowest BCUT2D eigenvalue weighted by atomic mass is 10.0. The van der Waals surface area contributed by atoms with E-state index in [0.29, 0.717) is 30.6 Å². The molecular weight excluding hydrogens is 645 g/mol. The molecule has 2 aromatic carbocycles. The number of nitrogens with one attached hydrogen (secondary N) is 4. The number of amides is 3. The van der Waals surface area contributed by atoms with Gasteiger partial charge in [0.1, 0.15) is 0 Å². The van der Waals surface area contributed by atoms with Gasteiger partial charge < -0.3 is 21.3 Å². The molecule has 292 valence electrons. The van der Waals surface area contributed by atoms with Gasteiger partial charge in [0.15, 0.2) is 0 Å². The topological polar surface area (TPSA) is 99.3 Å². The van der Waals surface area contributed by atoms with Crippen LogP contribution >= 0.6 is 0 Å². The summed E-state index contributed by atoms with van der Waals surface area (Å²) in [5.41, 5.74) is 2.57. The van der Waals surface area contributed by atoms with E-state index in [1.54, 1.807) is 0 Å². The van der Waals surface area contributed by atoms with Crippen LogP contribution in [0.3, 0.4) is 0 Å². The molecule has 0 saturated heterocycles. The Morgan fingerprint density at radius 1 is 0.423 bits per heavy atom. The van der Waals surface area contributed by atoms with E-state index >= 15 is 0 Å². The average Bonchev–Trinajstić information content (AvgIpc) is 3.17. The van der Waals surface area contributed by atoms with Crippen molar-refractivity contribution in [3.63, 3.8) is 0 Å². The summed E-state index contributed by atoms with van der Waals surface area (Å²) in [5, 5.41) is 12.6. The molecule has 0 atom stereocenters. The molecule has 2 rings (SSSR count). The van der Waals surface area contributed by atoms with Gasteiger partial charge >= 0.3 is 0 Å². The number of benzene rings is 2. The summed E-state index contributed by atoms with van der Waals surface area (Å²) in [4.78, 5) is 36.7. The highest BCUT2D eigenvalue weighted by molar-refractivity contribution is 5.94. The first kappa shape index (κ1) is 45.0. The quantitative estimate of drug-likeness (QED) is 0.0541. The molecule has 2 aromatic rings. The second-order valence-corrected chi connectivity index (χ2v) is 14.6. The molecule has 0 saturated carbocycles. The van der Waals surface area contributed by atoms with E-state index in [-0.39, 0.29) is 17.7 Å². The fourth-order valence-electron chi connectivity index (χ4n) is 6.51. The van der Waals surface area contributed by atoms with Gasteiger partial charge in [-0.05, 0) is 68.5 Å². The van der Waals surface area contributed by atoms with Crippen molar-refractivity contribution in [3.05, 3.63) is 71.3 Å². The van der Waals surface area contributed by atoms with Crippen LogP contribution in [0.25, 0.3) is 0 Å². The van der Waals surface area contributed by atoms with Crippen molar-refractivity contribution in [1.82, 2.24) is 21.3 Å². The standard InChI is InChI=1S/C45H74N4O3/c1-2-3-4-5-6-7-8-9-10-11-12-13-14-15-23-30-43(50)47-36-25-18-19-27-38-49-45(52)42-33-31-40(32-34-42)39-46-35-24-16-17-26-37-48-44(51)41-28-21-20-22-29-41/h20-22,28-29,31-34,46H,2-19,23-27,30,35-39H2,1H3,(H,47,50)(H,48,51)(H,49,52). The maximum Gasteiger partial charge on any atom is 0.251 e. The predicted molar refractivity (Wildman–Crippen MR) is 219 cm³/mol. The zero-order valence-electron chi connectivity index (χ0n) is 32.9. The van der Waals surface area contributed by atoms with Crippen LogP contribution in [-0.4, -0.2) is 43.9 Å². The lowest BCUT2D eigenvalue weighted by Gasteiger charge is -2.08. The van der Waals surface area contributed by atoms with E-state index in [4.69, 9.17) is 0 Å². The maximum absolute atomic E-state index is 12.5. The molecule has 0 unspecified atom stereocenters. The third kappa shape index (κ3) is 24.9. The summed E-state index contributed by atoms with van der Waals surface area (Å²) in [6.07, 6.45) is 29.1. The summed E-state index contributed by atoms with van der Waals surface area (Å²) in [5.74, 6) is 0.166. The van der Waals surface area contributed by atoms with Crippen LogP contribution in [0.15, 0.2) is 54.6 Å². The second-order valence-electron chi connectivity index (χ2n) is 14.6. The molecule has 0 fully saturated rings. The van der Waals surface area contributed by atoms with Crippen molar-refractivity contribution >= 4 is 17.7 Å². The fourth-order valence-corrected chi connectivity index (χ4v) is 6.51. The summed E-state index contributed by atoms with van der Waals surface area (Å²) >= 11 is 0. The Hall–Kier alpha value is -3.19. The van der Waals surface area contributed by atoms with Crippen LogP contribution in [0.1, 0.15) is 187 Å². The third-order valence-electron chi connectivity index (χ3n) is 9.87. The van der Waals surface area contributed by atoms with E-state index < -0.39 is 0 Å². The molecule has 0 aliphatic heterocycles. The number of unbranched alkanes of at least 4 members (excludes halogenated alkanes) is 20. The van der Waals surface area contributed by atoms with Crippen LogP contribution in [0.2, 0.25) is 0 Å². The summed E-state index contributed by atoms with van der Waals surface area (Å²) < 4.78 is 0. The van der Waals surface area contributed by atoms with Gasteiger partial charge in [-0.15, -0.1) is 0 Å². The molecular formula is C45H74N4O3. The molecule has 7 heteroatoms. The number of rotatable bonds is 34. The summed E-state index contributed by atoms with van der Waals surface area (Å²) in [6, 6.07) is 17.2. The van der Waals surface area contributed by atoms with Crippen molar-refractivity contribution in [3.8, 4) is 0 Å². The van der Waals surface area contributed by atoms with Crippen LogP contribution in [0.5, 0.6) is 0 Å². The van der Waals surface area contributed by atoms with Crippen LogP contribution < -0.4 is 21.3 Å². The highest BCUT2D eigenvalue weighted by Crippen LogP contribution is 2.14. The molecule has 4 N–H and O–H groups in total. The van der Waals surface area contributed by atoms with E-state index in [1.807, 2.05) is 54.6 Å². The van der Waals surface area contributed by atoms with Crippen molar-refractivity contribution in [2.75, 3.05) is 26.2 Å². The highest BCUT2D eigenvalue weighted by atomic mass is 16.2. The maximum atomic E-state index is 12.5. The molecule has 0 spiro atoms. The molecule has 52 heavy (non-hydrogen) atoms. The van der Waals surface area contributed by atoms with Gasteiger partial charge in [-0.2, -0.15) is 0 Å². The second kappa shape index (κ2) is 32.5. The normalized spacial score (nSPS) is 11.0. The van der Waals surface area contributed by atoms with Crippen molar-refractivity contribution in [2.24, 2.45) is 0 Å². The van der Waals surface area contributed by atoms with Crippen LogP contribution in [0, 0.1) is 0 Å². The summed E-state index contributed by atoms with van der Waals surface area (Å²) in [6.45, 7) is 6.15. The molecule has 0 heterocycles. The van der Waals surface area contributed by atoms with Crippen molar-refractivity contribution < 1.29 is 14.4 Å². The molecule has 0 radical (unpaired) electrons. The molecule has 3 amide bonds. The molecule has 7 nitrogen and oxygen atoms in total. The zero-order chi connectivity index (χ0) is 37.2. The number of carbonyl (C=O) groups excluding carboxylic acids is 3. The minimum absolute atomic E-state index is 0.00405. The van der Waals surface area contributed by atoms with E-state index in [0.717, 1.165) is 77.4 Å². The first-order valence-electron chi connectivity index (χ1n) is 21.3. The van der Waals surface area contributed by atoms with Gasteiger partial charge in [0, 0.05) is 43.7 Å². The Morgan fingerprint density at radius 2 is 0.827 bits per heavy atom. The minimum atomic E-state index is -0.0227. The van der Waals surface area contributed by atoms with Crippen molar-refractivity contribution in [2.45, 2.75) is 168 Å². The van der Waals surface area contributed by atoms with Gasteiger partial charge in [0.25, 0.3) is 11.8 Å². The Morgan fingerprint density at radius 3 is 1.33 bits per heavy atom. The first-order chi connectivity index (χ1) is 25.6. The highest BCUT2D eigenvalue weighted by Gasteiger charge is 2.06. The van der Waals surface area contributed by atoms with Gasteiger partial charge in [-0.1, -0.05) is 153 Å². The van der Waals surface area contributed by atoms with Gasteiger partial charge in [-0.3, -0.25) is 14.4 Å². The van der Waals surface area contributed by atoms with Gasteiger partial charge in [0.2, 0.25) is 5.91 Å². The number of hydrogen-bond acceptors (Lipinski definition) is 4. The van der Waals surface area contributed by atoms with Crippen LogP contribution in [0.4, 0.5) is 0 Å². The Balaban J connectivity index is 1.32. The van der Waals surface area contributed by atoms with Crippen molar-refractivity contribution in [1.29, 1.82) is 0 Å². The summed E-state index contributed by atoms with van der Waals surface area (Å²) in [7, 11) is 0.